The summed E-state index contributed by atoms with van der Waals surface area (Å²) in [6.45, 7) is 0.743. The van der Waals surface area contributed by atoms with Crippen LogP contribution in [-0.2, 0) is 11.4 Å². The van der Waals surface area contributed by atoms with Gasteiger partial charge in [0.05, 0.1) is 18.6 Å². The third-order valence-corrected chi connectivity index (χ3v) is 5.85. The summed E-state index contributed by atoms with van der Waals surface area (Å²) in [5.41, 5.74) is 1.67. The van der Waals surface area contributed by atoms with Crippen molar-refractivity contribution in [3.63, 3.8) is 0 Å². The van der Waals surface area contributed by atoms with E-state index in [1.807, 2.05) is 72.8 Å². The molecule has 0 N–H and O–H groups in total. The molecule has 0 bridgehead atoms. The molecule has 1 aliphatic heterocycles. The SMILES string of the molecule is COc1cccc(/C=C2\SC(=O)N(CCOc3ccccc3)C2=O)c1OCc1ccccc1. The van der Waals surface area contributed by atoms with Gasteiger partial charge in [-0.15, -0.1) is 0 Å². The number of methoxy groups -OCH3 is 1. The van der Waals surface area contributed by atoms with E-state index in [4.69, 9.17) is 14.2 Å². The first-order valence-electron chi connectivity index (χ1n) is 10.4. The number of amides is 2. The normalized spacial score (nSPS) is 14.6. The van der Waals surface area contributed by atoms with Gasteiger partial charge in [0, 0.05) is 5.56 Å². The minimum atomic E-state index is -0.349. The molecule has 33 heavy (non-hydrogen) atoms. The van der Waals surface area contributed by atoms with Crippen LogP contribution in [0.4, 0.5) is 4.79 Å². The number of carbonyl (C=O) groups excluding carboxylic acids is 2. The summed E-state index contributed by atoms with van der Waals surface area (Å²) in [5.74, 6) is 1.41. The van der Waals surface area contributed by atoms with Gasteiger partial charge in [0.15, 0.2) is 11.5 Å². The fourth-order valence-electron chi connectivity index (χ4n) is 3.30. The van der Waals surface area contributed by atoms with E-state index in [2.05, 4.69) is 0 Å². The Bertz CT molecular complexity index is 1150. The fraction of sp³-hybridized carbons (Fsp3) is 0.154. The van der Waals surface area contributed by atoms with Gasteiger partial charge in [-0.25, -0.2) is 0 Å². The highest BCUT2D eigenvalue weighted by molar-refractivity contribution is 8.18. The average Bonchev–Trinajstić information content (AvgIpc) is 3.11. The minimum absolute atomic E-state index is 0.173. The molecule has 1 heterocycles. The number of rotatable bonds is 9. The van der Waals surface area contributed by atoms with Crippen LogP contribution in [0.25, 0.3) is 6.08 Å². The zero-order valence-electron chi connectivity index (χ0n) is 18.1. The predicted molar refractivity (Wildman–Crippen MR) is 128 cm³/mol. The molecule has 0 radical (unpaired) electrons. The number of nitrogens with zero attached hydrogens (tertiary/aromatic N) is 1. The quantitative estimate of drug-likeness (QED) is 0.398. The summed E-state index contributed by atoms with van der Waals surface area (Å²) in [4.78, 5) is 26.9. The van der Waals surface area contributed by atoms with Gasteiger partial charge < -0.3 is 14.2 Å². The first kappa shape index (κ1) is 22.5. The van der Waals surface area contributed by atoms with Gasteiger partial charge in [0.25, 0.3) is 11.1 Å². The lowest BCUT2D eigenvalue weighted by Gasteiger charge is -2.14. The molecular formula is C26H23NO5S. The first-order valence-corrected chi connectivity index (χ1v) is 11.2. The Morgan fingerprint density at radius 1 is 0.879 bits per heavy atom. The van der Waals surface area contributed by atoms with Gasteiger partial charge in [-0.05, 0) is 41.6 Å². The number of thioether (sulfide) groups is 1. The van der Waals surface area contributed by atoms with Gasteiger partial charge in [0.2, 0.25) is 0 Å². The Kier molecular flexibility index (Phi) is 7.32. The van der Waals surface area contributed by atoms with Crippen molar-refractivity contribution in [1.82, 2.24) is 4.90 Å². The molecule has 0 unspecified atom stereocenters. The molecule has 0 saturated carbocycles. The van der Waals surface area contributed by atoms with Crippen LogP contribution in [-0.4, -0.2) is 36.3 Å². The van der Waals surface area contributed by atoms with Crippen molar-refractivity contribution in [1.29, 1.82) is 0 Å². The smallest absolute Gasteiger partial charge is 0.293 e. The first-order chi connectivity index (χ1) is 16.2. The number of hydrogen-bond acceptors (Lipinski definition) is 6. The topological polar surface area (TPSA) is 65.1 Å². The monoisotopic (exact) mass is 461 g/mol. The second kappa shape index (κ2) is 10.7. The predicted octanol–water partition coefficient (Wildman–Crippen LogP) is 5.39. The van der Waals surface area contributed by atoms with E-state index in [1.54, 1.807) is 19.3 Å². The summed E-state index contributed by atoms with van der Waals surface area (Å²) < 4.78 is 17.1. The largest absolute Gasteiger partial charge is 0.493 e. The molecule has 3 aromatic rings. The molecule has 1 fully saturated rings. The summed E-state index contributed by atoms with van der Waals surface area (Å²) in [5, 5.41) is -0.322. The van der Waals surface area contributed by atoms with E-state index in [0.29, 0.717) is 34.3 Å². The zero-order valence-corrected chi connectivity index (χ0v) is 18.9. The summed E-state index contributed by atoms with van der Waals surface area (Å²) in [6.07, 6.45) is 1.67. The van der Waals surface area contributed by atoms with Crippen molar-refractivity contribution >= 4 is 29.0 Å². The number of ether oxygens (including phenoxy) is 3. The Balaban J connectivity index is 1.48. The van der Waals surface area contributed by atoms with E-state index >= 15 is 0 Å². The zero-order chi connectivity index (χ0) is 23.0. The van der Waals surface area contributed by atoms with Gasteiger partial charge in [-0.2, -0.15) is 0 Å². The van der Waals surface area contributed by atoms with E-state index in [9.17, 15) is 9.59 Å². The Labute approximate surface area is 196 Å². The number of carbonyl (C=O) groups is 2. The third-order valence-electron chi connectivity index (χ3n) is 4.94. The highest BCUT2D eigenvalue weighted by atomic mass is 32.2. The maximum Gasteiger partial charge on any atom is 0.293 e. The summed E-state index contributed by atoms with van der Waals surface area (Å²) in [6, 6.07) is 24.5. The van der Waals surface area contributed by atoms with Gasteiger partial charge >= 0.3 is 0 Å². The highest BCUT2D eigenvalue weighted by Crippen LogP contribution is 2.37. The van der Waals surface area contributed by atoms with Crippen LogP contribution in [0.2, 0.25) is 0 Å². The van der Waals surface area contributed by atoms with Gasteiger partial charge in [0.1, 0.15) is 19.0 Å². The molecule has 4 rings (SSSR count). The lowest BCUT2D eigenvalue weighted by atomic mass is 10.1. The van der Waals surface area contributed by atoms with Crippen molar-refractivity contribution in [2.75, 3.05) is 20.3 Å². The maximum absolute atomic E-state index is 12.9. The molecule has 1 aliphatic rings. The number of hydrogen-bond donors (Lipinski definition) is 0. The van der Waals surface area contributed by atoms with Crippen LogP contribution < -0.4 is 14.2 Å². The molecule has 0 atom stereocenters. The number of imide groups is 1. The molecule has 7 heteroatoms. The van der Waals surface area contributed by atoms with Crippen molar-refractivity contribution in [2.45, 2.75) is 6.61 Å². The summed E-state index contributed by atoms with van der Waals surface area (Å²) >= 11 is 0.906. The van der Waals surface area contributed by atoms with Crippen LogP contribution >= 0.6 is 11.8 Å². The van der Waals surface area contributed by atoms with Crippen LogP contribution in [0.5, 0.6) is 17.2 Å². The molecule has 2 amide bonds. The van der Waals surface area contributed by atoms with Crippen molar-refractivity contribution in [3.05, 3.63) is 94.9 Å². The lowest BCUT2D eigenvalue weighted by molar-refractivity contribution is -0.123. The highest BCUT2D eigenvalue weighted by Gasteiger charge is 2.35. The van der Waals surface area contributed by atoms with E-state index < -0.39 is 0 Å². The Morgan fingerprint density at radius 3 is 2.33 bits per heavy atom. The molecule has 1 saturated heterocycles. The molecule has 0 aliphatic carbocycles. The molecule has 6 nitrogen and oxygen atoms in total. The molecule has 168 valence electrons. The average molecular weight is 462 g/mol. The molecule has 0 spiro atoms. The van der Waals surface area contributed by atoms with Crippen molar-refractivity contribution in [2.24, 2.45) is 0 Å². The van der Waals surface area contributed by atoms with Crippen LogP contribution in [0, 0.1) is 0 Å². The summed E-state index contributed by atoms with van der Waals surface area (Å²) in [7, 11) is 1.56. The maximum atomic E-state index is 12.9. The Morgan fingerprint density at radius 2 is 1.61 bits per heavy atom. The molecular weight excluding hydrogens is 438 g/mol. The lowest BCUT2D eigenvalue weighted by Crippen LogP contribution is -2.32. The Hall–Kier alpha value is -3.71. The van der Waals surface area contributed by atoms with Crippen LogP contribution in [0.15, 0.2) is 83.8 Å². The second-order valence-electron chi connectivity index (χ2n) is 7.15. The van der Waals surface area contributed by atoms with Crippen LogP contribution in [0.3, 0.4) is 0 Å². The van der Waals surface area contributed by atoms with E-state index in [1.165, 1.54) is 4.90 Å². The van der Waals surface area contributed by atoms with E-state index in [-0.39, 0.29) is 24.3 Å². The number of benzene rings is 3. The fourth-order valence-corrected chi connectivity index (χ4v) is 4.15. The van der Waals surface area contributed by atoms with Crippen molar-refractivity contribution in [3.8, 4) is 17.2 Å². The van der Waals surface area contributed by atoms with Crippen LogP contribution in [0.1, 0.15) is 11.1 Å². The van der Waals surface area contributed by atoms with E-state index in [0.717, 1.165) is 17.3 Å². The molecule has 3 aromatic carbocycles. The minimum Gasteiger partial charge on any atom is -0.493 e. The van der Waals surface area contributed by atoms with Gasteiger partial charge in [-0.1, -0.05) is 60.7 Å². The second-order valence-corrected chi connectivity index (χ2v) is 8.14. The number of para-hydroxylation sites is 2. The van der Waals surface area contributed by atoms with Crippen molar-refractivity contribution < 1.29 is 23.8 Å². The van der Waals surface area contributed by atoms with Gasteiger partial charge in [-0.3, -0.25) is 14.5 Å². The molecule has 0 aromatic heterocycles. The standard InChI is InChI=1S/C26H23NO5S/c1-30-22-14-8-11-20(24(22)32-18-19-9-4-2-5-10-19)17-23-25(28)27(26(29)33-23)15-16-31-21-12-6-3-7-13-21/h2-14,17H,15-16,18H2,1H3/b23-17-. The third kappa shape index (κ3) is 5.56.